The van der Waals surface area contributed by atoms with Gasteiger partial charge in [0.05, 0.1) is 0 Å². The Morgan fingerprint density at radius 2 is 1.78 bits per heavy atom. The van der Waals surface area contributed by atoms with Gasteiger partial charge in [0.15, 0.2) is 0 Å². The van der Waals surface area contributed by atoms with E-state index in [-0.39, 0.29) is 5.91 Å². The van der Waals surface area contributed by atoms with Crippen LogP contribution in [0.15, 0.2) is 48.5 Å². The summed E-state index contributed by atoms with van der Waals surface area (Å²) in [5.74, 6) is 0.534. The highest BCUT2D eigenvalue weighted by Crippen LogP contribution is 2.39. The van der Waals surface area contributed by atoms with Crippen molar-refractivity contribution < 1.29 is 4.79 Å². The molecule has 1 aliphatic heterocycles. The van der Waals surface area contributed by atoms with E-state index in [1.807, 2.05) is 12.1 Å². The number of hydrogen-bond acceptors (Lipinski definition) is 2. The van der Waals surface area contributed by atoms with Crippen LogP contribution in [0.1, 0.15) is 60.9 Å². The fourth-order valence-electron chi connectivity index (χ4n) is 4.70. The van der Waals surface area contributed by atoms with Crippen LogP contribution in [0.25, 0.3) is 0 Å². The summed E-state index contributed by atoms with van der Waals surface area (Å²) >= 11 is 5.88. The van der Waals surface area contributed by atoms with Crippen molar-refractivity contribution >= 4 is 23.2 Å². The largest absolute Gasteiger partial charge is 0.322 e. The van der Waals surface area contributed by atoms with Gasteiger partial charge in [-0.25, -0.2) is 0 Å². The van der Waals surface area contributed by atoms with Gasteiger partial charge in [-0.1, -0.05) is 23.7 Å². The lowest BCUT2D eigenvalue weighted by molar-refractivity contribution is 0.102. The van der Waals surface area contributed by atoms with Gasteiger partial charge < -0.3 is 5.32 Å². The number of benzene rings is 2. The molecule has 27 heavy (non-hydrogen) atoms. The highest BCUT2D eigenvalue weighted by molar-refractivity contribution is 6.30. The molecule has 3 nitrogen and oxygen atoms in total. The smallest absolute Gasteiger partial charge is 0.255 e. The van der Waals surface area contributed by atoms with Crippen molar-refractivity contribution in [2.24, 2.45) is 0 Å². The predicted octanol–water partition coefficient (Wildman–Crippen LogP) is 5.71. The molecular weight excluding hydrogens is 356 g/mol. The minimum atomic E-state index is -0.108. The standard InChI is InChI=1S/C23H27ClN2O/c1-16-3-2-14-26(16)22-13-8-19(15-22)17-6-11-21(12-7-17)25-23(27)18-4-9-20(24)10-5-18/h4-7,9-12,16,19,22H,2-3,8,13-15H2,1H3,(H,25,27)/t16-,19-,22-/m0/s1. The Balaban J connectivity index is 1.36. The van der Waals surface area contributed by atoms with Crippen molar-refractivity contribution in [1.29, 1.82) is 0 Å². The van der Waals surface area contributed by atoms with E-state index < -0.39 is 0 Å². The molecule has 142 valence electrons. The van der Waals surface area contributed by atoms with E-state index in [1.165, 1.54) is 44.2 Å². The molecule has 1 heterocycles. The number of amides is 1. The summed E-state index contributed by atoms with van der Waals surface area (Å²) in [5.41, 5.74) is 2.84. The maximum absolute atomic E-state index is 12.3. The number of nitrogens with zero attached hydrogens (tertiary/aromatic N) is 1. The van der Waals surface area contributed by atoms with Crippen LogP contribution in [0.4, 0.5) is 5.69 Å². The molecular formula is C23H27ClN2O. The molecule has 0 aromatic heterocycles. The average molecular weight is 383 g/mol. The normalized spacial score (nSPS) is 25.6. The molecule has 0 bridgehead atoms. The van der Waals surface area contributed by atoms with Gasteiger partial charge >= 0.3 is 0 Å². The van der Waals surface area contributed by atoms with Crippen LogP contribution in [0, 0.1) is 0 Å². The molecule has 3 atom stereocenters. The molecule has 2 aromatic carbocycles. The average Bonchev–Trinajstić information content (AvgIpc) is 3.31. The first kappa shape index (κ1) is 18.5. The van der Waals surface area contributed by atoms with Gasteiger partial charge in [-0.3, -0.25) is 9.69 Å². The fourth-order valence-corrected chi connectivity index (χ4v) is 4.83. The summed E-state index contributed by atoms with van der Waals surface area (Å²) in [6.45, 7) is 3.65. The second-order valence-corrected chi connectivity index (χ2v) is 8.41. The molecule has 1 saturated heterocycles. The third-order valence-electron chi connectivity index (χ3n) is 6.22. The maximum Gasteiger partial charge on any atom is 0.255 e. The molecule has 1 amide bonds. The van der Waals surface area contributed by atoms with Crippen molar-refractivity contribution in [1.82, 2.24) is 4.90 Å². The molecule has 2 aliphatic rings. The molecule has 0 unspecified atom stereocenters. The van der Waals surface area contributed by atoms with E-state index in [4.69, 9.17) is 11.6 Å². The van der Waals surface area contributed by atoms with Crippen molar-refractivity contribution in [2.75, 3.05) is 11.9 Å². The van der Waals surface area contributed by atoms with E-state index in [1.54, 1.807) is 24.3 Å². The zero-order chi connectivity index (χ0) is 18.8. The topological polar surface area (TPSA) is 32.3 Å². The monoisotopic (exact) mass is 382 g/mol. The summed E-state index contributed by atoms with van der Waals surface area (Å²) in [6, 6.07) is 16.8. The zero-order valence-corrected chi connectivity index (χ0v) is 16.6. The van der Waals surface area contributed by atoms with Crippen LogP contribution in [-0.2, 0) is 0 Å². The number of likely N-dealkylation sites (tertiary alicyclic amines) is 1. The molecule has 1 aliphatic carbocycles. The molecule has 0 radical (unpaired) electrons. The van der Waals surface area contributed by atoms with Gasteiger partial charge in [-0.2, -0.15) is 0 Å². The summed E-state index contributed by atoms with van der Waals surface area (Å²) in [5, 5.41) is 3.60. The second-order valence-electron chi connectivity index (χ2n) is 7.98. The van der Waals surface area contributed by atoms with E-state index in [9.17, 15) is 4.79 Å². The van der Waals surface area contributed by atoms with E-state index in [0.29, 0.717) is 16.5 Å². The number of anilines is 1. The Labute approximate surface area is 166 Å². The Morgan fingerprint density at radius 3 is 2.44 bits per heavy atom. The van der Waals surface area contributed by atoms with Crippen LogP contribution in [-0.4, -0.2) is 29.4 Å². The quantitative estimate of drug-likeness (QED) is 0.734. The van der Waals surface area contributed by atoms with Gasteiger partial charge in [-0.05, 0) is 93.5 Å². The first-order valence-electron chi connectivity index (χ1n) is 10.0. The number of nitrogens with one attached hydrogen (secondary N) is 1. The molecule has 4 rings (SSSR count). The minimum absolute atomic E-state index is 0.108. The highest BCUT2D eigenvalue weighted by atomic mass is 35.5. The first-order valence-corrected chi connectivity index (χ1v) is 10.4. The Bertz CT molecular complexity index is 787. The van der Waals surface area contributed by atoms with Gasteiger partial charge in [0.25, 0.3) is 5.91 Å². The van der Waals surface area contributed by atoms with Crippen LogP contribution < -0.4 is 5.32 Å². The Kier molecular flexibility index (Phi) is 5.51. The van der Waals surface area contributed by atoms with Crippen molar-refractivity contribution in [3.05, 3.63) is 64.7 Å². The summed E-state index contributed by atoms with van der Waals surface area (Å²) in [4.78, 5) is 15.1. The van der Waals surface area contributed by atoms with Crippen LogP contribution in [0.3, 0.4) is 0 Å². The Hall–Kier alpha value is -1.84. The molecule has 4 heteroatoms. The summed E-state index contributed by atoms with van der Waals surface area (Å²) in [6.07, 6.45) is 6.54. The highest BCUT2D eigenvalue weighted by Gasteiger charge is 2.34. The van der Waals surface area contributed by atoms with Crippen molar-refractivity contribution in [3.8, 4) is 0 Å². The van der Waals surface area contributed by atoms with Gasteiger partial charge in [0.2, 0.25) is 0 Å². The van der Waals surface area contributed by atoms with Crippen LogP contribution >= 0.6 is 11.6 Å². The van der Waals surface area contributed by atoms with Crippen molar-refractivity contribution in [2.45, 2.75) is 57.0 Å². The van der Waals surface area contributed by atoms with Crippen molar-refractivity contribution in [3.63, 3.8) is 0 Å². The third kappa shape index (κ3) is 4.20. The summed E-state index contributed by atoms with van der Waals surface area (Å²) < 4.78 is 0. The van der Waals surface area contributed by atoms with Gasteiger partial charge in [-0.15, -0.1) is 0 Å². The van der Waals surface area contributed by atoms with E-state index in [0.717, 1.165) is 17.8 Å². The molecule has 1 N–H and O–H groups in total. The minimum Gasteiger partial charge on any atom is -0.322 e. The van der Waals surface area contributed by atoms with E-state index in [2.05, 4.69) is 29.3 Å². The zero-order valence-electron chi connectivity index (χ0n) is 15.8. The third-order valence-corrected chi connectivity index (χ3v) is 6.48. The van der Waals surface area contributed by atoms with Crippen LogP contribution in [0.2, 0.25) is 5.02 Å². The Morgan fingerprint density at radius 1 is 1.04 bits per heavy atom. The lowest BCUT2D eigenvalue weighted by atomic mass is 9.97. The lowest BCUT2D eigenvalue weighted by Gasteiger charge is -2.28. The van der Waals surface area contributed by atoms with Crippen LogP contribution in [0.5, 0.6) is 0 Å². The fraction of sp³-hybridized carbons (Fsp3) is 0.435. The molecule has 0 spiro atoms. The summed E-state index contributed by atoms with van der Waals surface area (Å²) in [7, 11) is 0. The van der Waals surface area contributed by atoms with E-state index >= 15 is 0 Å². The SMILES string of the molecule is C[C@H]1CCCN1[C@H]1CC[C@H](c2ccc(NC(=O)c3ccc(Cl)cc3)cc2)C1. The molecule has 2 fully saturated rings. The number of halogens is 1. The molecule has 2 aromatic rings. The predicted molar refractivity (Wildman–Crippen MR) is 112 cm³/mol. The van der Waals surface area contributed by atoms with Gasteiger partial charge in [0.1, 0.15) is 0 Å². The number of carbonyl (C=O) groups excluding carboxylic acids is 1. The first-order chi connectivity index (χ1) is 13.1. The number of hydrogen-bond donors (Lipinski definition) is 1. The lowest BCUT2D eigenvalue weighted by Crippen LogP contribution is -2.35. The second kappa shape index (κ2) is 8.04. The van der Waals surface area contributed by atoms with Gasteiger partial charge in [0, 0.05) is 28.4 Å². The number of carbonyl (C=O) groups is 1. The molecule has 1 saturated carbocycles. The maximum atomic E-state index is 12.3. The number of rotatable bonds is 4.